The summed E-state index contributed by atoms with van der Waals surface area (Å²) in [6.45, 7) is 0.753. The van der Waals surface area contributed by atoms with Crippen molar-refractivity contribution in [2.45, 2.75) is 25.7 Å². The second kappa shape index (κ2) is 5.32. The van der Waals surface area contributed by atoms with Crippen molar-refractivity contribution in [1.82, 2.24) is 4.98 Å². The van der Waals surface area contributed by atoms with Gasteiger partial charge in [0.05, 0.1) is 0 Å². The van der Waals surface area contributed by atoms with Crippen LogP contribution < -0.4 is 5.73 Å². The number of fused-ring (bicyclic) bond motifs is 1. The van der Waals surface area contributed by atoms with Crippen LogP contribution in [0, 0.1) is 0 Å². The molecule has 0 bridgehead atoms. The van der Waals surface area contributed by atoms with Gasteiger partial charge in [-0.25, -0.2) is 4.98 Å². The van der Waals surface area contributed by atoms with Gasteiger partial charge in [-0.2, -0.15) is 0 Å². The summed E-state index contributed by atoms with van der Waals surface area (Å²) in [7, 11) is 0. The van der Waals surface area contributed by atoms with Crippen molar-refractivity contribution in [2.75, 3.05) is 6.54 Å². The fourth-order valence-corrected chi connectivity index (χ4v) is 1.82. The van der Waals surface area contributed by atoms with Gasteiger partial charge in [0, 0.05) is 11.4 Å². The maximum atomic E-state index is 5.88. The summed E-state index contributed by atoms with van der Waals surface area (Å²) in [4.78, 5) is 4.39. The minimum Gasteiger partial charge on any atom is -0.441 e. The number of nitrogens with two attached hydrogens (primary N) is 1. The number of oxazole rings is 1. The Morgan fingerprint density at radius 3 is 2.94 bits per heavy atom. The van der Waals surface area contributed by atoms with Crippen molar-refractivity contribution in [1.29, 1.82) is 0 Å². The van der Waals surface area contributed by atoms with Crippen LogP contribution in [-0.4, -0.2) is 11.5 Å². The lowest BCUT2D eigenvalue weighted by atomic mass is 10.2. The number of halogens is 1. The number of nitrogens with zero attached hydrogens (tertiary/aromatic N) is 1. The zero-order valence-electron chi connectivity index (χ0n) is 9.08. The molecule has 4 heteroatoms. The first-order chi connectivity index (χ1) is 7.79. The van der Waals surface area contributed by atoms with E-state index >= 15 is 0 Å². The fraction of sp³-hybridized carbons (Fsp3) is 0.417. The zero-order valence-corrected chi connectivity index (χ0v) is 9.83. The molecule has 0 fully saturated rings. The number of aryl methyl sites for hydroxylation is 1. The summed E-state index contributed by atoms with van der Waals surface area (Å²) in [6.07, 6.45) is 4.12. The fourth-order valence-electron chi connectivity index (χ4n) is 1.65. The van der Waals surface area contributed by atoms with E-state index in [-0.39, 0.29) is 0 Å². The number of benzene rings is 1. The van der Waals surface area contributed by atoms with Gasteiger partial charge in [0.15, 0.2) is 11.5 Å². The van der Waals surface area contributed by atoms with Crippen molar-refractivity contribution in [3.8, 4) is 0 Å². The lowest BCUT2D eigenvalue weighted by Crippen LogP contribution is -1.98. The van der Waals surface area contributed by atoms with Crippen LogP contribution in [0.25, 0.3) is 11.1 Å². The first-order valence-corrected chi connectivity index (χ1v) is 5.92. The first kappa shape index (κ1) is 11.4. The van der Waals surface area contributed by atoms with Gasteiger partial charge in [-0.05, 0) is 37.6 Å². The van der Waals surface area contributed by atoms with E-state index in [9.17, 15) is 0 Å². The van der Waals surface area contributed by atoms with Gasteiger partial charge in [-0.15, -0.1) is 0 Å². The SMILES string of the molecule is NCCCCCc1nc2cc(Cl)ccc2o1. The van der Waals surface area contributed by atoms with Gasteiger partial charge in [-0.3, -0.25) is 0 Å². The number of hydrogen-bond acceptors (Lipinski definition) is 3. The van der Waals surface area contributed by atoms with E-state index in [1.165, 1.54) is 0 Å². The Hall–Kier alpha value is -1.06. The van der Waals surface area contributed by atoms with E-state index in [1.807, 2.05) is 18.2 Å². The summed E-state index contributed by atoms with van der Waals surface area (Å²) in [5.74, 6) is 0.786. The molecule has 0 atom stereocenters. The second-order valence-electron chi connectivity index (χ2n) is 3.82. The molecule has 0 aliphatic rings. The van der Waals surface area contributed by atoms with Crippen LogP contribution >= 0.6 is 11.6 Å². The second-order valence-corrected chi connectivity index (χ2v) is 4.26. The predicted molar refractivity (Wildman–Crippen MR) is 65.6 cm³/mol. The highest BCUT2D eigenvalue weighted by Crippen LogP contribution is 2.20. The van der Waals surface area contributed by atoms with Crippen LogP contribution in [0.15, 0.2) is 22.6 Å². The van der Waals surface area contributed by atoms with E-state index in [2.05, 4.69) is 4.98 Å². The molecule has 2 N–H and O–H groups in total. The highest BCUT2D eigenvalue weighted by atomic mass is 35.5. The molecule has 2 aromatic rings. The summed E-state index contributed by atoms with van der Waals surface area (Å²) in [5, 5.41) is 0.690. The third-order valence-electron chi connectivity index (χ3n) is 2.49. The Kier molecular flexibility index (Phi) is 3.80. The molecule has 1 heterocycles. The van der Waals surface area contributed by atoms with Crippen LogP contribution in [0.4, 0.5) is 0 Å². The molecule has 16 heavy (non-hydrogen) atoms. The van der Waals surface area contributed by atoms with Gasteiger partial charge >= 0.3 is 0 Å². The maximum Gasteiger partial charge on any atom is 0.195 e. The van der Waals surface area contributed by atoms with Crippen molar-refractivity contribution >= 4 is 22.7 Å². The lowest BCUT2D eigenvalue weighted by Gasteiger charge is -1.94. The topological polar surface area (TPSA) is 52.0 Å². The molecule has 0 unspecified atom stereocenters. The van der Waals surface area contributed by atoms with Gasteiger partial charge < -0.3 is 10.2 Å². The molecule has 0 saturated carbocycles. The van der Waals surface area contributed by atoms with Gasteiger partial charge in [0.1, 0.15) is 5.52 Å². The molecular weight excluding hydrogens is 224 g/mol. The van der Waals surface area contributed by atoms with Crippen LogP contribution in [0.3, 0.4) is 0 Å². The average Bonchev–Trinajstić information content (AvgIpc) is 2.66. The molecule has 0 aliphatic carbocycles. The molecule has 2 rings (SSSR count). The number of unbranched alkanes of at least 4 members (excludes halogenated alkanes) is 2. The van der Waals surface area contributed by atoms with Crippen LogP contribution in [0.1, 0.15) is 25.2 Å². The molecule has 0 aliphatic heterocycles. The Morgan fingerprint density at radius 2 is 2.12 bits per heavy atom. The number of rotatable bonds is 5. The Morgan fingerprint density at radius 1 is 1.25 bits per heavy atom. The van der Waals surface area contributed by atoms with E-state index in [0.29, 0.717) is 5.02 Å². The van der Waals surface area contributed by atoms with Gasteiger partial charge in [0.25, 0.3) is 0 Å². The molecule has 0 radical (unpaired) electrons. The van der Waals surface area contributed by atoms with E-state index < -0.39 is 0 Å². The highest BCUT2D eigenvalue weighted by Gasteiger charge is 2.05. The summed E-state index contributed by atoms with van der Waals surface area (Å²) in [5.41, 5.74) is 7.07. The predicted octanol–water partition coefficient (Wildman–Crippen LogP) is 3.15. The largest absolute Gasteiger partial charge is 0.441 e. The first-order valence-electron chi connectivity index (χ1n) is 5.54. The van der Waals surface area contributed by atoms with Gasteiger partial charge in [-0.1, -0.05) is 18.0 Å². The van der Waals surface area contributed by atoms with Crippen LogP contribution in [-0.2, 0) is 6.42 Å². The standard InChI is InChI=1S/C12H15ClN2O/c13-9-5-6-11-10(8-9)15-12(16-11)4-2-1-3-7-14/h5-6,8H,1-4,7,14H2. The minimum atomic E-state index is 0.690. The highest BCUT2D eigenvalue weighted by molar-refractivity contribution is 6.31. The molecule has 1 aromatic heterocycles. The monoisotopic (exact) mass is 238 g/mol. The average molecular weight is 239 g/mol. The molecule has 3 nitrogen and oxygen atoms in total. The van der Waals surface area contributed by atoms with Crippen molar-refractivity contribution in [3.05, 3.63) is 29.1 Å². The van der Waals surface area contributed by atoms with Crippen molar-refractivity contribution < 1.29 is 4.42 Å². The van der Waals surface area contributed by atoms with Crippen molar-refractivity contribution in [3.63, 3.8) is 0 Å². The molecule has 0 saturated heterocycles. The molecule has 0 spiro atoms. The Bertz CT molecular complexity index is 467. The van der Waals surface area contributed by atoms with E-state index in [1.54, 1.807) is 0 Å². The quantitative estimate of drug-likeness (QED) is 0.815. The summed E-state index contributed by atoms with van der Waals surface area (Å²) < 4.78 is 5.60. The normalized spacial score (nSPS) is 11.1. The zero-order chi connectivity index (χ0) is 11.4. The molecule has 0 amide bonds. The van der Waals surface area contributed by atoms with Crippen molar-refractivity contribution in [2.24, 2.45) is 5.73 Å². The van der Waals surface area contributed by atoms with Crippen LogP contribution in [0.2, 0.25) is 5.02 Å². The molecule has 1 aromatic carbocycles. The van der Waals surface area contributed by atoms with E-state index in [0.717, 1.165) is 49.2 Å². The lowest BCUT2D eigenvalue weighted by molar-refractivity contribution is 0.511. The third kappa shape index (κ3) is 2.74. The van der Waals surface area contributed by atoms with E-state index in [4.69, 9.17) is 21.8 Å². The summed E-state index contributed by atoms with van der Waals surface area (Å²) in [6, 6.07) is 5.49. The molecule has 86 valence electrons. The third-order valence-corrected chi connectivity index (χ3v) is 2.72. The maximum absolute atomic E-state index is 5.88. The Labute approximate surface area is 99.6 Å². The minimum absolute atomic E-state index is 0.690. The smallest absolute Gasteiger partial charge is 0.195 e. The number of hydrogen-bond donors (Lipinski definition) is 1. The summed E-state index contributed by atoms with van der Waals surface area (Å²) >= 11 is 5.88. The Balaban J connectivity index is 2.02. The van der Waals surface area contributed by atoms with Gasteiger partial charge in [0.2, 0.25) is 0 Å². The van der Waals surface area contributed by atoms with Crippen LogP contribution in [0.5, 0.6) is 0 Å². The molecular formula is C12H15ClN2O. The number of aromatic nitrogens is 1.